The molecule has 5 heteroatoms. The van der Waals surface area contributed by atoms with Crippen LogP contribution in [0.25, 0.3) is 0 Å². The summed E-state index contributed by atoms with van der Waals surface area (Å²) in [6, 6.07) is 6.07. The molecule has 1 aromatic heterocycles. The van der Waals surface area contributed by atoms with Gasteiger partial charge in [0, 0.05) is 16.6 Å². The number of aromatic hydroxyl groups is 1. The lowest BCUT2D eigenvalue weighted by molar-refractivity contribution is 0.0940. The maximum absolute atomic E-state index is 12.0. The molecule has 2 N–H and O–H groups in total. The number of phenols is 1. The summed E-state index contributed by atoms with van der Waals surface area (Å²) < 4.78 is 0. The molecular formula is C14H16N2O2S. The molecule has 0 radical (unpaired) electrons. The first-order chi connectivity index (χ1) is 9.10. The molecule has 1 amide bonds. The van der Waals surface area contributed by atoms with E-state index in [4.69, 9.17) is 0 Å². The number of hydrogen-bond acceptors (Lipinski definition) is 4. The van der Waals surface area contributed by atoms with Crippen LogP contribution in [0.3, 0.4) is 0 Å². The van der Waals surface area contributed by atoms with E-state index in [1.165, 1.54) is 17.0 Å². The number of phenolic OH excluding ortho intramolecular Hbond substituents is 1. The first kappa shape index (κ1) is 13.5. The van der Waals surface area contributed by atoms with Crippen molar-refractivity contribution in [3.63, 3.8) is 0 Å². The largest absolute Gasteiger partial charge is 0.508 e. The van der Waals surface area contributed by atoms with Crippen molar-refractivity contribution >= 4 is 17.2 Å². The first-order valence-corrected chi connectivity index (χ1v) is 6.96. The van der Waals surface area contributed by atoms with Gasteiger partial charge < -0.3 is 10.4 Å². The number of benzene rings is 1. The zero-order valence-corrected chi connectivity index (χ0v) is 11.7. The quantitative estimate of drug-likeness (QED) is 0.902. The highest BCUT2D eigenvalue weighted by Gasteiger charge is 2.14. The first-order valence-electron chi connectivity index (χ1n) is 6.14. The van der Waals surface area contributed by atoms with E-state index in [1.807, 2.05) is 13.1 Å². The molecule has 1 aromatic carbocycles. The van der Waals surface area contributed by atoms with E-state index >= 15 is 0 Å². The summed E-state index contributed by atoms with van der Waals surface area (Å²) in [5, 5.41) is 13.0. The molecule has 0 bridgehead atoms. The zero-order valence-electron chi connectivity index (χ0n) is 10.9. The van der Waals surface area contributed by atoms with E-state index < -0.39 is 0 Å². The molecule has 4 nitrogen and oxygen atoms in total. The lowest BCUT2D eigenvalue weighted by atomic mass is 10.2. The molecule has 0 aliphatic rings. The zero-order chi connectivity index (χ0) is 13.8. The van der Waals surface area contributed by atoms with Crippen LogP contribution in [0.5, 0.6) is 5.75 Å². The van der Waals surface area contributed by atoms with Crippen LogP contribution < -0.4 is 5.32 Å². The number of rotatable bonds is 4. The average Bonchev–Trinajstić information content (AvgIpc) is 2.88. The van der Waals surface area contributed by atoms with Crippen LogP contribution in [-0.2, 0) is 6.42 Å². The van der Waals surface area contributed by atoms with Gasteiger partial charge in [-0.1, -0.05) is 6.92 Å². The molecule has 2 aromatic rings. The van der Waals surface area contributed by atoms with Crippen molar-refractivity contribution < 1.29 is 9.90 Å². The fourth-order valence-corrected chi connectivity index (χ4v) is 2.50. The molecule has 0 aliphatic carbocycles. The summed E-state index contributed by atoms with van der Waals surface area (Å²) in [5.74, 6) is -0.0159. The smallest absolute Gasteiger partial charge is 0.251 e. The Morgan fingerprint density at radius 1 is 1.42 bits per heavy atom. The molecule has 0 saturated carbocycles. The fraction of sp³-hybridized carbons (Fsp3) is 0.286. The molecule has 0 fully saturated rings. The number of nitrogens with one attached hydrogen (secondary N) is 1. The second-order valence-corrected chi connectivity index (χ2v) is 5.41. The van der Waals surface area contributed by atoms with E-state index in [0.29, 0.717) is 5.56 Å². The predicted octanol–water partition coefficient (Wildman–Crippen LogP) is 2.90. The average molecular weight is 276 g/mol. The van der Waals surface area contributed by atoms with Gasteiger partial charge in [-0.15, -0.1) is 11.3 Å². The number of carbonyl (C=O) groups excluding carboxylic acids is 1. The monoisotopic (exact) mass is 276 g/mol. The van der Waals surface area contributed by atoms with Crippen LogP contribution >= 0.6 is 11.3 Å². The highest BCUT2D eigenvalue weighted by Crippen LogP contribution is 2.20. The van der Waals surface area contributed by atoms with Gasteiger partial charge in [0.2, 0.25) is 0 Å². The Labute approximate surface area is 116 Å². The van der Waals surface area contributed by atoms with Crippen LogP contribution in [0, 0.1) is 0 Å². The Hall–Kier alpha value is -1.88. The number of hydrogen-bond donors (Lipinski definition) is 2. The number of nitrogens with zero attached hydrogens (tertiary/aromatic N) is 1. The minimum atomic E-state index is -0.166. The predicted molar refractivity (Wildman–Crippen MR) is 75.5 cm³/mol. The van der Waals surface area contributed by atoms with Crippen LogP contribution in [-0.4, -0.2) is 16.0 Å². The lowest BCUT2D eigenvalue weighted by Crippen LogP contribution is -2.26. The lowest BCUT2D eigenvalue weighted by Gasteiger charge is -2.11. The summed E-state index contributed by atoms with van der Waals surface area (Å²) in [6.45, 7) is 3.99. The van der Waals surface area contributed by atoms with Crippen molar-refractivity contribution in [2.24, 2.45) is 0 Å². The Morgan fingerprint density at radius 2 is 2.11 bits per heavy atom. The van der Waals surface area contributed by atoms with E-state index in [9.17, 15) is 9.90 Å². The van der Waals surface area contributed by atoms with Crippen molar-refractivity contribution in [2.45, 2.75) is 26.3 Å². The third-order valence-corrected chi connectivity index (χ3v) is 4.09. The minimum Gasteiger partial charge on any atom is -0.508 e. The number of aromatic nitrogens is 1. The maximum Gasteiger partial charge on any atom is 0.251 e. The number of thiazole rings is 1. The third-order valence-electron chi connectivity index (χ3n) is 2.77. The van der Waals surface area contributed by atoms with Crippen molar-refractivity contribution in [1.29, 1.82) is 0 Å². The number of aryl methyl sites for hydroxylation is 1. The number of carbonyl (C=O) groups is 1. The van der Waals surface area contributed by atoms with E-state index in [2.05, 4.69) is 17.2 Å². The molecule has 0 saturated heterocycles. The Morgan fingerprint density at radius 3 is 2.68 bits per heavy atom. The van der Waals surface area contributed by atoms with E-state index in [0.717, 1.165) is 11.4 Å². The molecule has 1 heterocycles. The van der Waals surface area contributed by atoms with E-state index in [-0.39, 0.29) is 17.7 Å². The van der Waals surface area contributed by atoms with Crippen LogP contribution in [0.1, 0.15) is 40.1 Å². The second kappa shape index (κ2) is 5.84. The number of amides is 1. The topological polar surface area (TPSA) is 62.2 Å². The van der Waals surface area contributed by atoms with Gasteiger partial charge in [-0.3, -0.25) is 4.79 Å². The highest BCUT2D eigenvalue weighted by atomic mass is 32.1. The van der Waals surface area contributed by atoms with Crippen molar-refractivity contribution in [1.82, 2.24) is 10.3 Å². The SMILES string of the molecule is CCc1cnc(C(C)NC(=O)c2ccc(O)cc2)s1. The molecule has 1 unspecified atom stereocenters. The summed E-state index contributed by atoms with van der Waals surface area (Å²) in [7, 11) is 0. The van der Waals surface area contributed by atoms with Gasteiger partial charge in [0.05, 0.1) is 6.04 Å². The van der Waals surface area contributed by atoms with Crippen molar-refractivity contribution in [3.05, 3.63) is 45.9 Å². The summed E-state index contributed by atoms with van der Waals surface area (Å²) in [5.41, 5.74) is 0.525. The van der Waals surface area contributed by atoms with Gasteiger partial charge in [-0.25, -0.2) is 4.98 Å². The van der Waals surface area contributed by atoms with Gasteiger partial charge in [0.1, 0.15) is 10.8 Å². The molecule has 19 heavy (non-hydrogen) atoms. The van der Waals surface area contributed by atoms with Crippen LogP contribution in [0.15, 0.2) is 30.5 Å². The van der Waals surface area contributed by atoms with E-state index in [1.54, 1.807) is 23.5 Å². The van der Waals surface area contributed by atoms with Crippen LogP contribution in [0.2, 0.25) is 0 Å². The molecule has 100 valence electrons. The molecule has 0 spiro atoms. The van der Waals surface area contributed by atoms with Gasteiger partial charge in [0.15, 0.2) is 0 Å². The van der Waals surface area contributed by atoms with Crippen molar-refractivity contribution in [2.75, 3.05) is 0 Å². The minimum absolute atomic E-state index is 0.119. The van der Waals surface area contributed by atoms with Crippen LogP contribution in [0.4, 0.5) is 0 Å². The summed E-state index contributed by atoms with van der Waals surface area (Å²) in [6.07, 6.45) is 2.81. The van der Waals surface area contributed by atoms with Crippen molar-refractivity contribution in [3.8, 4) is 5.75 Å². The van der Waals surface area contributed by atoms with Gasteiger partial charge in [0.25, 0.3) is 5.91 Å². The Kier molecular flexibility index (Phi) is 4.16. The van der Waals surface area contributed by atoms with Gasteiger partial charge >= 0.3 is 0 Å². The Balaban J connectivity index is 2.04. The molecule has 0 aliphatic heterocycles. The second-order valence-electron chi connectivity index (χ2n) is 4.26. The normalized spacial score (nSPS) is 12.1. The summed E-state index contributed by atoms with van der Waals surface area (Å²) >= 11 is 1.61. The summed E-state index contributed by atoms with van der Waals surface area (Å²) in [4.78, 5) is 17.5. The molecule has 1 atom stereocenters. The third kappa shape index (κ3) is 3.32. The molecule has 2 rings (SSSR count). The Bertz CT molecular complexity index is 563. The van der Waals surface area contributed by atoms with Gasteiger partial charge in [-0.05, 0) is 37.6 Å². The molecular weight excluding hydrogens is 260 g/mol. The fourth-order valence-electron chi connectivity index (χ4n) is 1.64. The highest BCUT2D eigenvalue weighted by molar-refractivity contribution is 7.11. The standard InChI is InChI=1S/C14H16N2O2S/c1-3-12-8-15-14(19-12)9(2)16-13(18)10-4-6-11(17)7-5-10/h4-9,17H,3H2,1-2H3,(H,16,18). The maximum atomic E-state index is 12.0. The van der Waals surface area contributed by atoms with Gasteiger partial charge in [-0.2, -0.15) is 0 Å².